The second-order valence-corrected chi connectivity index (χ2v) is 5.81. The van der Waals surface area contributed by atoms with E-state index in [1.165, 1.54) is 22.8 Å². The van der Waals surface area contributed by atoms with Gasteiger partial charge in [-0.25, -0.2) is 9.59 Å². The molecule has 0 aliphatic rings. The highest BCUT2D eigenvalue weighted by atomic mass is 16.4. The molecule has 0 spiro atoms. The molecular formula is C18H16N2O5. The molecule has 25 heavy (non-hydrogen) atoms. The molecule has 0 aliphatic heterocycles. The van der Waals surface area contributed by atoms with Gasteiger partial charge in [-0.05, 0) is 49.2 Å². The van der Waals surface area contributed by atoms with Crippen LogP contribution in [0.25, 0.3) is 11.1 Å². The Morgan fingerprint density at radius 3 is 2.64 bits per heavy atom. The van der Waals surface area contributed by atoms with Crippen molar-refractivity contribution < 1.29 is 19.1 Å². The Morgan fingerprint density at radius 2 is 1.92 bits per heavy atom. The van der Waals surface area contributed by atoms with Gasteiger partial charge in [-0.15, -0.1) is 0 Å². The Bertz CT molecular complexity index is 1050. The lowest BCUT2D eigenvalue weighted by Gasteiger charge is -2.09. The minimum atomic E-state index is -1.12. The number of aryl methyl sites for hydroxylation is 2. The van der Waals surface area contributed by atoms with Crippen molar-refractivity contribution in [2.24, 2.45) is 0 Å². The first-order chi connectivity index (χ1) is 11.8. The molecule has 128 valence electrons. The molecule has 1 amide bonds. The van der Waals surface area contributed by atoms with Gasteiger partial charge in [-0.2, -0.15) is 0 Å². The van der Waals surface area contributed by atoms with E-state index in [0.29, 0.717) is 11.2 Å². The Hall–Kier alpha value is -3.35. The normalized spacial score (nSPS) is 10.8. The lowest BCUT2D eigenvalue weighted by Crippen LogP contribution is -2.25. The number of aromatic nitrogens is 1. The van der Waals surface area contributed by atoms with Gasteiger partial charge < -0.3 is 14.8 Å². The van der Waals surface area contributed by atoms with Crippen LogP contribution in [-0.4, -0.2) is 21.6 Å². The fourth-order valence-corrected chi connectivity index (χ4v) is 2.55. The first kappa shape index (κ1) is 16.5. The summed E-state index contributed by atoms with van der Waals surface area (Å²) in [6.07, 6.45) is 0. The molecule has 0 fully saturated rings. The topological polar surface area (TPSA) is 102 Å². The van der Waals surface area contributed by atoms with Crippen molar-refractivity contribution in [2.75, 3.05) is 5.32 Å². The number of oxazole rings is 1. The van der Waals surface area contributed by atoms with Crippen LogP contribution in [0.5, 0.6) is 0 Å². The molecule has 0 aliphatic carbocycles. The fraction of sp³-hybridized carbons (Fsp3) is 0.167. The van der Waals surface area contributed by atoms with Crippen LogP contribution in [0.4, 0.5) is 5.69 Å². The molecular weight excluding hydrogens is 324 g/mol. The number of carboxylic acids is 1. The van der Waals surface area contributed by atoms with E-state index >= 15 is 0 Å². The quantitative estimate of drug-likeness (QED) is 0.760. The summed E-state index contributed by atoms with van der Waals surface area (Å²) in [6.45, 7) is 3.57. The molecule has 0 atom stereocenters. The summed E-state index contributed by atoms with van der Waals surface area (Å²) in [5, 5.41) is 11.8. The molecule has 2 N–H and O–H groups in total. The third-order valence-electron chi connectivity index (χ3n) is 3.88. The second kappa shape index (κ2) is 6.27. The number of hydrogen-bond acceptors (Lipinski definition) is 4. The third-order valence-corrected chi connectivity index (χ3v) is 3.88. The van der Waals surface area contributed by atoms with E-state index < -0.39 is 11.7 Å². The van der Waals surface area contributed by atoms with E-state index in [9.17, 15) is 14.4 Å². The van der Waals surface area contributed by atoms with Gasteiger partial charge in [0.2, 0.25) is 5.91 Å². The number of nitrogens with one attached hydrogen (secondary N) is 1. The van der Waals surface area contributed by atoms with Gasteiger partial charge in [0.15, 0.2) is 5.58 Å². The molecule has 1 aromatic heterocycles. The van der Waals surface area contributed by atoms with Crippen molar-refractivity contribution in [1.29, 1.82) is 0 Å². The molecule has 7 nitrogen and oxygen atoms in total. The SMILES string of the molecule is Cc1ccc(C)c(NC(=O)Cn2c(=O)oc3cc(C(=O)O)ccc32)c1. The average Bonchev–Trinajstić information content (AvgIpc) is 2.86. The van der Waals surface area contributed by atoms with Crippen LogP contribution in [0.3, 0.4) is 0 Å². The summed E-state index contributed by atoms with van der Waals surface area (Å²) in [6, 6.07) is 9.77. The molecule has 3 aromatic rings. The van der Waals surface area contributed by atoms with Crippen molar-refractivity contribution >= 4 is 28.7 Å². The molecule has 7 heteroatoms. The number of amides is 1. The maximum absolute atomic E-state index is 12.3. The highest BCUT2D eigenvalue weighted by molar-refractivity contribution is 5.94. The van der Waals surface area contributed by atoms with E-state index in [1.807, 2.05) is 32.0 Å². The van der Waals surface area contributed by atoms with Gasteiger partial charge in [0.25, 0.3) is 0 Å². The number of aromatic carboxylic acids is 1. The first-order valence-electron chi connectivity index (χ1n) is 7.59. The number of rotatable bonds is 4. The maximum atomic E-state index is 12.3. The highest BCUT2D eigenvalue weighted by Gasteiger charge is 2.15. The molecule has 0 saturated heterocycles. The highest BCUT2D eigenvalue weighted by Crippen LogP contribution is 2.18. The minimum absolute atomic E-state index is 0.00763. The number of nitrogens with zero attached hydrogens (tertiary/aromatic N) is 1. The number of carbonyl (C=O) groups excluding carboxylic acids is 1. The first-order valence-corrected chi connectivity index (χ1v) is 7.59. The number of benzene rings is 2. The monoisotopic (exact) mass is 340 g/mol. The predicted octanol–water partition coefficient (Wildman–Crippen LogP) is 2.55. The van der Waals surface area contributed by atoms with Crippen molar-refractivity contribution in [2.45, 2.75) is 20.4 Å². The molecule has 1 heterocycles. The van der Waals surface area contributed by atoms with Gasteiger partial charge in [0.05, 0.1) is 11.1 Å². The molecule has 0 unspecified atom stereocenters. The van der Waals surface area contributed by atoms with Crippen LogP contribution in [0, 0.1) is 13.8 Å². The molecule has 2 aromatic carbocycles. The van der Waals surface area contributed by atoms with Crippen LogP contribution in [0.1, 0.15) is 21.5 Å². The zero-order chi connectivity index (χ0) is 18.1. The van der Waals surface area contributed by atoms with E-state index in [2.05, 4.69) is 5.32 Å². The second-order valence-electron chi connectivity index (χ2n) is 5.81. The third kappa shape index (κ3) is 3.30. The van der Waals surface area contributed by atoms with Crippen LogP contribution >= 0.6 is 0 Å². The Kier molecular flexibility index (Phi) is 4.14. The van der Waals surface area contributed by atoms with Crippen LogP contribution in [0.2, 0.25) is 0 Å². The Balaban J connectivity index is 1.88. The summed E-state index contributed by atoms with van der Waals surface area (Å²) in [7, 11) is 0. The standard InChI is InChI=1S/C18H16N2O5/c1-10-3-4-11(2)13(7-10)19-16(21)9-20-14-6-5-12(17(22)23)8-15(14)25-18(20)24/h3-8H,9H2,1-2H3,(H,19,21)(H,22,23). The van der Waals surface area contributed by atoms with Crippen LogP contribution in [-0.2, 0) is 11.3 Å². The fourth-order valence-electron chi connectivity index (χ4n) is 2.55. The molecule has 0 bridgehead atoms. The minimum Gasteiger partial charge on any atom is -0.478 e. The van der Waals surface area contributed by atoms with Crippen molar-refractivity contribution in [3.63, 3.8) is 0 Å². The average molecular weight is 340 g/mol. The number of hydrogen-bond donors (Lipinski definition) is 2. The predicted molar refractivity (Wildman–Crippen MR) is 92.0 cm³/mol. The van der Waals surface area contributed by atoms with Gasteiger partial charge >= 0.3 is 11.7 Å². The number of fused-ring (bicyclic) bond motifs is 1. The zero-order valence-electron chi connectivity index (χ0n) is 13.7. The summed E-state index contributed by atoms with van der Waals surface area (Å²) < 4.78 is 6.22. The summed E-state index contributed by atoms with van der Waals surface area (Å²) in [4.78, 5) is 35.3. The van der Waals surface area contributed by atoms with Gasteiger partial charge in [-0.1, -0.05) is 12.1 Å². The zero-order valence-corrected chi connectivity index (χ0v) is 13.7. The van der Waals surface area contributed by atoms with Crippen molar-refractivity contribution in [3.05, 3.63) is 63.6 Å². The van der Waals surface area contributed by atoms with Crippen molar-refractivity contribution in [1.82, 2.24) is 4.57 Å². The number of carboxylic acid groups (broad SMARTS) is 1. The summed E-state index contributed by atoms with van der Waals surface area (Å²) >= 11 is 0. The number of anilines is 1. The van der Waals surface area contributed by atoms with E-state index in [4.69, 9.17) is 9.52 Å². The van der Waals surface area contributed by atoms with Crippen LogP contribution < -0.4 is 11.1 Å². The summed E-state index contributed by atoms with van der Waals surface area (Å²) in [5.41, 5.74) is 3.10. The van der Waals surface area contributed by atoms with E-state index in [1.54, 1.807) is 0 Å². The number of carbonyl (C=O) groups is 2. The molecule has 0 radical (unpaired) electrons. The van der Waals surface area contributed by atoms with Crippen LogP contribution in [0.15, 0.2) is 45.6 Å². The van der Waals surface area contributed by atoms with E-state index in [-0.39, 0.29) is 23.6 Å². The lowest BCUT2D eigenvalue weighted by molar-refractivity contribution is -0.116. The summed E-state index contributed by atoms with van der Waals surface area (Å²) in [5.74, 6) is -2.21. The van der Waals surface area contributed by atoms with E-state index in [0.717, 1.165) is 11.1 Å². The largest absolute Gasteiger partial charge is 0.478 e. The smallest absolute Gasteiger partial charge is 0.420 e. The Morgan fingerprint density at radius 1 is 1.16 bits per heavy atom. The van der Waals surface area contributed by atoms with Gasteiger partial charge in [0.1, 0.15) is 6.54 Å². The molecule has 3 rings (SSSR count). The molecule has 0 saturated carbocycles. The lowest BCUT2D eigenvalue weighted by atomic mass is 10.1. The van der Waals surface area contributed by atoms with Gasteiger partial charge in [0, 0.05) is 5.69 Å². The van der Waals surface area contributed by atoms with Gasteiger partial charge in [-0.3, -0.25) is 9.36 Å². The maximum Gasteiger partial charge on any atom is 0.420 e. The van der Waals surface area contributed by atoms with Crippen molar-refractivity contribution in [3.8, 4) is 0 Å². The Labute approximate surface area is 142 Å².